The first kappa shape index (κ1) is 18.2. The maximum Gasteiger partial charge on any atom is 0.471 e. The molecule has 1 heterocycles. The second-order valence-electron chi connectivity index (χ2n) is 5.71. The van der Waals surface area contributed by atoms with E-state index in [0.29, 0.717) is 11.1 Å². The highest BCUT2D eigenvalue weighted by Crippen LogP contribution is 2.23. The number of nitrogens with one attached hydrogen (secondary N) is 1. The average molecular weight is 370 g/mol. The Kier molecular flexibility index (Phi) is 5.11. The highest BCUT2D eigenvalue weighted by Gasteiger charge is 2.31. The summed E-state index contributed by atoms with van der Waals surface area (Å²) in [5.41, 5.74) is 1.22. The quantitative estimate of drug-likeness (QED) is 0.561. The zero-order chi connectivity index (χ0) is 18.7. The van der Waals surface area contributed by atoms with Gasteiger partial charge in [-0.25, -0.2) is 13.1 Å². The van der Waals surface area contributed by atoms with Crippen LogP contribution >= 0.6 is 0 Å². The van der Waals surface area contributed by atoms with Crippen molar-refractivity contribution in [1.29, 1.82) is 5.26 Å². The third-order valence-corrected chi connectivity index (χ3v) is 5.51. The fourth-order valence-corrected chi connectivity index (χ4v) is 4.08. The molecule has 0 aliphatic heterocycles. The minimum atomic E-state index is -4.13. The van der Waals surface area contributed by atoms with E-state index in [9.17, 15) is 18.5 Å². The Balaban J connectivity index is 1.90. The summed E-state index contributed by atoms with van der Waals surface area (Å²) in [6, 6.07) is 14.7. The molecule has 2 aromatic carbocycles. The average Bonchev–Trinajstić information content (AvgIpc) is 3.04. The number of benzene rings is 2. The molecule has 3 aromatic rings. The smallest absolute Gasteiger partial charge is 0.464 e. The Morgan fingerprint density at radius 1 is 1.15 bits per heavy atom. The van der Waals surface area contributed by atoms with Crippen molar-refractivity contribution in [2.75, 3.05) is 0 Å². The van der Waals surface area contributed by atoms with Crippen LogP contribution in [0.15, 0.2) is 64.1 Å². The number of rotatable bonds is 6. The van der Waals surface area contributed by atoms with Crippen LogP contribution in [0.5, 0.6) is 0 Å². The first-order chi connectivity index (χ1) is 12.4. The lowest BCUT2D eigenvalue weighted by Gasteiger charge is -2.18. The standard InChI is InChI=1S/C17H15BN2O5S/c19-10-12-5-1-4-8-16(12)26(23,24)20-17(18(21)22)9-13-11-25-15-7-3-2-6-14(13)15/h1-8,11,17,20-22H,9H2/t17-/m0/s1. The minimum absolute atomic E-state index is 0.00261. The van der Waals surface area contributed by atoms with Crippen molar-refractivity contribution in [1.82, 2.24) is 4.72 Å². The van der Waals surface area contributed by atoms with Crippen LogP contribution in [0.2, 0.25) is 0 Å². The van der Waals surface area contributed by atoms with E-state index < -0.39 is 23.1 Å². The van der Waals surface area contributed by atoms with Gasteiger partial charge in [0, 0.05) is 5.39 Å². The van der Waals surface area contributed by atoms with E-state index in [0.717, 1.165) is 5.39 Å². The van der Waals surface area contributed by atoms with Gasteiger partial charge in [0.25, 0.3) is 0 Å². The molecule has 0 spiro atoms. The number of fused-ring (bicyclic) bond motifs is 1. The van der Waals surface area contributed by atoms with Gasteiger partial charge < -0.3 is 14.5 Å². The number of nitrogens with zero attached hydrogens (tertiary/aromatic N) is 1. The Hall–Kier alpha value is -2.64. The van der Waals surface area contributed by atoms with Crippen LogP contribution in [0.4, 0.5) is 0 Å². The van der Waals surface area contributed by atoms with Crippen LogP contribution in [-0.4, -0.2) is 31.5 Å². The molecule has 7 nitrogen and oxygen atoms in total. The fraction of sp³-hybridized carbons (Fsp3) is 0.118. The van der Waals surface area contributed by atoms with Crippen LogP contribution in [0.3, 0.4) is 0 Å². The predicted octanol–water partition coefficient (Wildman–Crippen LogP) is 1.21. The van der Waals surface area contributed by atoms with E-state index in [1.807, 2.05) is 6.07 Å². The number of hydrogen-bond acceptors (Lipinski definition) is 6. The third-order valence-electron chi connectivity index (χ3n) is 3.96. The third kappa shape index (κ3) is 3.64. The van der Waals surface area contributed by atoms with E-state index in [4.69, 9.17) is 9.68 Å². The number of furan rings is 1. The second kappa shape index (κ2) is 7.31. The molecule has 0 saturated carbocycles. The summed E-state index contributed by atoms with van der Waals surface area (Å²) in [5.74, 6) is -1.22. The molecule has 0 bridgehead atoms. The zero-order valence-electron chi connectivity index (χ0n) is 13.5. The maximum absolute atomic E-state index is 12.6. The molecule has 132 valence electrons. The van der Waals surface area contributed by atoms with Crippen molar-refractivity contribution in [3.63, 3.8) is 0 Å². The van der Waals surface area contributed by atoms with Crippen LogP contribution in [0.1, 0.15) is 11.1 Å². The molecule has 3 N–H and O–H groups in total. The first-order valence-corrected chi connectivity index (χ1v) is 9.23. The van der Waals surface area contributed by atoms with Gasteiger partial charge in [0.05, 0.1) is 22.7 Å². The molecule has 0 fully saturated rings. The molecule has 0 radical (unpaired) electrons. The predicted molar refractivity (Wildman–Crippen MR) is 95.4 cm³/mol. The highest BCUT2D eigenvalue weighted by molar-refractivity contribution is 7.89. The van der Waals surface area contributed by atoms with Crippen LogP contribution in [-0.2, 0) is 16.4 Å². The van der Waals surface area contributed by atoms with Gasteiger partial charge in [0.1, 0.15) is 11.7 Å². The lowest BCUT2D eigenvalue weighted by molar-refractivity contribution is 0.379. The summed E-state index contributed by atoms with van der Waals surface area (Å²) >= 11 is 0. The van der Waals surface area contributed by atoms with Crippen LogP contribution < -0.4 is 4.72 Å². The van der Waals surface area contributed by atoms with Gasteiger partial charge in [-0.2, -0.15) is 5.26 Å². The summed E-state index contributed by atoms with van der Waals surface area (Å²) in [6.07, 6.45) is 1.46. The Labute approximate surface area is 150 Å². The number of sulfonamides is 1. The van der Waals surface area contributed by atoms with Crippen LogP contribution in [0.25, 0.3) is 11.0 Å². The van der Waals surface area contributed by atoms with Crippen molar-refractivity contribution in [2.24, 2.45) is 0 Å². The molecular weight excluding hydrogens is 355 g/mol. The van der Waals surface area contributed by atoms with E-state index >= 15 is 0 Å². The van der Waals surface area contributed by atoms with Gasteiger partial charge in [0.2, 0.25) is 10.0 Å². The minimum Gasteiger partial charge on any atom is -0.464 e. The molecule has 1 atom stereocenters. The van der Waals surface area contributed by atoms with Gasteiger partial charge >= 0.3 is 7.12 Å². The van der Waals surface area contributed by atoms with Crippen molar-refractivity contribution < 1.29 is 22.9 Å². The summed E-state index contributed by atoms with van der Waals surface area (Å²) in [6.45, 7) is 0. The topological polar surface area (TPSA) is 124 Å². The highest BCUT2D eigenvalue weighted by atomic mass is 32.2. The normalized spacial score (nSPS) is 12.7. The molecule has 0 saturated heterocycles. The van der Waals surface area contributed by atoms with Crippen molar-refractivity contribution in [2.45, 2.75) is 17.3 Å². The Bertz CT molecular complexity index is 1070. The van der Waals surface area contributed by atoms with E-state index in [1.165, 1.54) is 24.5 Å². The number of hydrogen-bond donors (Lipinski definition) is 3. The summed E-state index contributed by atoms with van der Waals surface area (Å²) in [5, 5.41) is 29.2. The zero-order valence-corrected chi connectivity index (χ0v) is 14.3. The SMILES string of the molecule is N#Cc1ccccc1S(=O)(=O)N[C@@H](Cc1coc2ccccc12)B(O)O. The largest absolute Gasteiger partial charge is 0.471 e. The number of nitriles is 1. The number of para-hydroxylation sites is 1. The Morgan fingerprint density at radius 3 is 2.58 bits per heavy atom. The monoisotopic (exact) mass is 370 g/mol. The molecule has 9 heteroatoms. The van der Waals surface area contributed by atoms with Gasteiger partial charge in [0.15, 0.2) is 0 Å². The summed E-state index contributed by atoms with van der Waals surface area (Å²) in [7, 11) is -6.06. The van der Waals surface area contributed by atoms with Gasteiger partial charge in [-0.1, -0.05) is 30.3 Å². The van der Waals surface area contributed by atoms with Gasteiger partial charge in [-0.05, 0) is 30.2 Å². The molecule has 0 aliphatic carbocycles. The molecular formula is C17H15BN2O5S. The molecule has 1 aromatic heterocycles. The second-order valence-corrected chi connectivity index (χ2v) is 7.39. The van der Waals surface area contributed by atoms with Crippen molar-refractivity contribution in [3.05, 3.63) is 65.9 Å². The fourth-order valence-electron chi connectivity index (χ4n) is 2.69. The molecule has 26 heavy (non-hydrogen) atoms. The van der Waals surface area contributed by atoms with Crippen LogP contribution in [0, 0.1) is 11.3 Å². The van der Waals surface area contributed by atoms with Gasteiger partial charge in [-0.15, -0.1) is 0 Å². The van der Waals surface area contributed by atoms with Crippen molar-refractivity contribution >= 4 is 28.1 Å². The lowest BCUT2D eigenvalue weighted by Crippen LogP contribution is -2.47. The molecule has 0 unspecified atom stereocenters. The Morgan fingerprint density at radius 2 is 1.85 bits per heavy atom. The van der Waals surface area contributed by atoms with E-state index in [2.05, 4.69) is 4.72 Å². The van der Waals surface area contributed by atoms with E-state index in [1.54, 1.807) is 30.3 Å². The molecule has 0 aliphatic rings. The van der Waals surface area contributed by atoms with Gasteiger partial charge in [-0.3, -0.25) is 0 Å². The molecule has 0 amide bonds. The maximum atomic E-state index is 12.6. The summed E-state index contributed by atoms with van der Waals surface area (Å²) < 4.78 is 32.9. The summed E-state index contributed by atoms with van der Waals surface area (Å²) in [4.78, 5) is -0.217. The van der Waals surface area contributed by atoms with E-state index in [-0.39, 0.29) is 16.9 Å². The first-order valence-electron chi connectivity index (χ1n) is 7.75. The van der Waals surface area contributed by atoms with Crippen molar-refractivity contribution in [3.8, 4) is 6.07 Å². The lowest BCUT2D eigenvalue weighted by atomic mass is 9.77. The molecule has 3 rings (SSSR count).